The summed E-state index contributed by atoms with van der Waals surface area (Å²) in [4.78, 5) is 13.8. The third-order valence-corrected chi connectivity index (χ3v) is 2.61. The number of hydrogen-bond acceptors (Lipinski definition) is 6. The first-order chi connectivity index (χ1) is 7.52. The van der Waals surface area contributed by atoms with E-state index in [0.29, 0.717) is 19.8 Å². The van der Waals surface area contributed by atoms with E-state index in [-0.39, 0.29) is 23.0 Å². The molecular weight excluding hydrogens is 212 g/mol. The predicted octanol–water partition coefficient (Wildman–Crippen LogP) is -0.0972. The van der Waals surface area contributed by atoms with E-state index in [0.717, 1.165) is 0 Å². The molecule has 88 valence electrons. The topological polar surface area (TPSA) is 94.5 Å². The average molecular weight is 226 g/mol. The molecule has 1 aliphatic heterocycles. The second kappa shape index (κ2) is 3.75. The second-order valence-electron chi connectivity index (χ2n) is 4.32. The van der Waals surface area contributed by atoms with E-state index in [1.54, 1.807) is 4.90 Å². The number of nitrogens with zero attached hydrogens (tertiary/aromatic N) is 3. The Bertz CT molecular complexity index is 401. The van der Waals surface area contributed by atoms with Gasteiger partial charge in [-0.05, 0) is 24.2 Å². The van der Waals surface area contributed by atoms with Crippen LogP contribution < -0.4 is 5.73 Å². The van der Waals surface area contributed by atoms with E-state index in [2.05, 4.69) is 14.9 Å². The highest BCUT2D eigenvalue weighted by Gasteiger charge is 2.36. The molecule has 1 amide bonds. The fraction of sp³-hybridized carbons (Fsp3) is 0.667. The van der Waals surface area contributed by atoms with E-state index in [4.69, 9.17) is 10.5 Å². The van der Waals surface area contributed by atoms with Gasteiger partial charge in [0, 0.05) is 6.54 Å². The Morgan fingerprint density at radius 2 is 2.25 bits per heavy atom. The summed E-state index contributed by atoms with van der Waals surface area (Å²) in [6, 6.07) is 0. The maximum atomic E-state index is 12.1. The molecular formula is C9H14N4O3. The van der Waals surface area contributed by atoms with Gasteiger partial charge in [-0.3, -0.25) is 4.79 Å². The number of rotatable bonds is 1. The Labute approximate surface area is 92.5 Å². The Morgan fingerprint density at radius 1 is 1.50 bits per heavy atom. The molecule has 2 heterocycles. The first-order valence-corrected chi connectivity index (χ1v) is 5.00. The summed E-state index contributed by atoms with van der Waals surface area (Å²) in [5.41, 5.74) is 5.18. The number of aromatic nitrogens is 2. The molecule has 0 radical (unpaired) electrons. The van der Waals surface area contributed by atoms with Gasteiger partial charge in [0.25, 0.3) is 5.91 Å². The highest BCUT2D eigenvalue weighted by atomic mass is 16.6. The SMILES string of the molecule is CC1(C)COCCN1C(=O)c1nonc1N. The smallest absolute Gasteiger partial charge is 0.280 e. The fourth-order valence-corrected chi connectivity index (χ4v) is 1.71. The van der Waals surface area contributed by atoms with Gasteiger partial charge in [0.15, 0.2) is 0 Å². The highest BCUT2D eigenvalue weighted by Crippen LogP contribution is 2.22. The highest BCUT2D eigenvalue weighted by molar-refractivity contribution is 5.96. The van der Waals surface area contributed by atoms with Gasteiger partial charge in [-0.25, -0.2) is 4.63 Å². The van der Waals surface area contributed by atoms with Gasteiger partial charge in [0.2, 0.25) is 11.5 Å². The molecule has 1 aromatic rings. The van der Waals surface area contributed by atoms with Gasteiger partial charge in [-0.1, -0.05) is 0 Å². The number of carbonyl (C=O) groups excluding carboxylic acids is 1. The summed E-state index contributed by atoms with van der Waals surface area (Å²) in [6.45, 7) is 5.37. The van der Waals surface area contributed by atoms with Crippen molar-refractivity contribution in [2.45, 2.75) is 19.4 Å². The molecule has 2 N–H and O–H groups in total. The van der Waals surface area contributed by atoms with Gasteiger partial charge in [-0.2, -0.15) is 0 Å². The lowest BCUT2D eigenvalue weighted by atomic mass is 10.0. The molecule has 0 spiro atoms. The van der Waals surface area contributed by atoms with Crippen molar-refractivity contribution in [3.05, 3.63) is 5.69 Å². The van der Waals surface area contributed by atoms with Crippen molar-refractivity contribution in [2.75, 3.05) is 25.5 Å². The quantitative estimate of drug-likeness (QED) is 0.718. The number of nitrogen functional groups attached to an aromatic ring is 1. The van der Waals surface area contributed by atoms with Crippen molar-refractivity contribution in [2.24, 2.45) is 0 Å². The molecule has 16 heavy (non-hydrogen) atoms. The zero-order valence-electron chi connectivity index (χ0n) is 9.27. The first kappa shape index (κ1) is 10.9. The second-order valence-corrected chi connectivity index (χ2v) is 4.32. The third-order valence-electron chi connectivity index (χ3n) is 2.61. The third kappa shape index (κ3) is 1.73. The van der Waals surface area contributed by atoms with Crippen LogP contribution in [0.4, 0.5) is 5.82 Å². The van der Waals surface area contributed by atoms with E-state index in [1.807, 2.05) is 13.8 Å². The summed E-state index contributed by atoms with van der Waals surface area (Å²) < 4.78 is 9.75. The fourth-order valence-electron chi connectivity index (χ4n) is 1.71. The van der Waals surface area contributed by atoms with Crippen molar-refractivity contribution in [3.63, 3.8) is 0 Å². The molecule has 1 fully saturated rings. The minimum Gasteiger partial charge on any atom is -0.379 e. The van der Waals surface area contributed by atoms with Crippen molar-refractivity contribution in [1.29, 1.82) is 0 Å². The number of amides is 1. The molecule has 7 heteroatoms. The van der Waals surface area contributed by atoms with Crippen LogP contribution in [0.25, 0.3) is 0 Å². The van der Waals surface area contributed by atoms with Crippen LogP contribution in [0.1, 0.15) is 24.3 Å². The number of anilines is 1. The maximum Gasteiger partial charge on any atom is 0.280 e. The summed E-state index contributed by atoms with van der Waals surface area (Å²) >= 11 is 0. The van der Waals surface area contributed by atoms with Crippen LogP contribution in [0.2, 0.25) is 0 Å². The standard InChI is InChI=1S/C9H14N4O3/c1-9(2)5-15-4-3-13(9)8(14)6-7(10)12-16-11-6/h3-5H2,1-2H3,(H2,10,12). The minimum atomic E-state index is -0.374. The zero-order chi connectivity index (χ0) is 11.8. The molecule has 2 rings (SSSR count). The minimum absolute atomic E-state index is 0.0206. The maximum absolute atomic E-state index is 12.1. The van der Waals surface area contributed by atoms with Crippen LogP contribution >= 0.6 is 0 Å². The van der Waals surface area contributed by atoms with Gasteiger partial charge in [-0.15, -0.1) is 0 Å². The van der Waals surface area contributed by atoms with Crippen LogP contribution in [0.5, 0.6) is 0 Å². The van der Waals surface area contributed by atoms with Gasteiger partial charge >= 0.3 is 0 Å². The van der Waals surface area contributed by atoms with Crippen LogP contribution in [-0.2, 0) is 4.74 Å². The summed E-state index contributed by atoms with van der Waals surface area (Å²) in [5, 5.41) is 6.91. The molecule has 0 bridgehead atoms. The summed E-state index contributed by atoms with van der Waals surface area (Å²) in [5.74, 6) is -0.251. The largest absolute Gasteiger partial charge is 0.379 e. The molecule has 0 aliphatic carbocycles. The zero-order valence-corrected chi connectivity index (χ0v) is 9.27. The Balaban J connectivity index is 2.24. The van der Waals surface area contributed by atoms with Crippen LogP contribution in [-0.4, -0.2) is 46.4 Å². The number of hydrogen-bond donors (Lipinski definition) is 1. The van der Waals surface area contributed by atoms with Crippen molar-refractivity contribution in [3.8, 4) is 0 Å². The van der Waals surface area contributed by atoms with Crippen molar-refractivity contribution < 1.29 is 14.2 Å². The van der Waals surface area contributed by atoms with Gasteiger partial charge in [0.1, 0.15) is 0 Å². The summed E-state index contributed by atoms with van der Waals surface area (Å²) in [6.07, 6.45) is 0. The Morgan fingerprint density at radius 3 is 2.81 bits per heavy atom. The Kier molecular flexibility index (Phi) is 2.55. The molecule has 0 aromatic carbocycles. The normalized spacial score (nSPS) is 19.8. The number of nitrogens with two attached hydrogens (primary N) is 1. The lowest BCUT2D eigenvalue weighted by molar-refractivity contribution is -0.0374. The van der Waals surface area contributed by atoms with Crippen molar-refractivity contribution >= 4 is 11.7 Å². The lowest BCUT2D eigenvalue weighted by Gasteiger charge is -2.41. The van der Waals surface area contributed by atoms with E-state index < -0.39 is 0 Å². The van der Waals surface area contributed by atoms with Crippen LogP contribution in [0, 0.1) is 0 Å². The van der Waals surface area contributed by atoms with Crippen molar-refractivity contribution in [1.82, 2.24) is 15.2 Å². The van der Waals surface area contributed by atoms with E-state index >= 15 is 0 Å². The molecule has 1 saturated heterocycles. The van der Waals surface area contributed by atoms with Gasteiger partial charge < -0.3 is 15.4 Å². The van der Waals surface area contributed by atoms with Crippen LogP contribution in [0.3, 0.4) is 0 Å². The number of ether oxygens (including phenoxy) is 1. The monoisotopic (exact) mass is 226 g/mol. The Hall–Kier alpha value is -1.63. The number of morpholine rings is 1. The molecule has 0 atom stereocenters. The van der Waals surface area contributed by atoms with Crippen LogP contribution in [0.15, 0.2) is 4.63 Å². The average Bonchev–Trinajstić information content (AvgIpc) is 2.63. The number of carbonyl (C=O) groups is 1. The molecule has 0 unspecified atom stereocenters. The van der Waals surface area contributed by atoms with E-state index in [9.17, 15) is 4.79 Å². The lowest BCUT2D eigenvalue weighted by Crippen LogP contribution is -2.55. The van der Waals surface area contributed by atoms with E-state index in [1.165, 1.54) is 0 Å². The molecule has 7 nitrogen and oxygen atoms in total. The predicted molar refractivity (Wildman–Crippen MR) is 54.6 cm³/mol. The summed E-state index contributed by atoms with van der Waals surface area (Å²) in [7, 11) is 0. The molecule has 1 aromatic heterocycles. The molecule has 0 saturated carbocycles. The first-order valence-electron chi connectivity index (χ1n) is 5.00. The van der Waals surface area contributed by atoms with Gasteiger partial charge in [0.05, 0.1) is 18.8 Å². The molecule has 1 aliphatic rings.